The Labute approximate surface area is 80.7 Å². The van der Waals surface area contributed by atoms with Gasteiger partial charge < -0.3 is 5.11 Å². The molecule has 76 valence electrons. The average Bonchev–Trinajstić information content (AvgIpc) is 2.10. The molecule has 0 aliphatic carbocycles. The molecule has 0 aromatic heterocycles. The zero-order valence-electron chi connectivity index (χ0n) is 8.62. The van der Waals surface area contributed by atoms with Crippen molar-refractivity contribution in [1.29, 1.82) is 0 Å². The summed E-state index contributed by atoms with van der Waals surface area (Å²) < 4.78 is 0. The smallest absolute Gasteiger partial charge is 0.306 e. The molecule has 0 spiro atoms. The minimum atomic E-state index is -0.683. The zero-order chi connectivity index (χ0) is 10.1. The summed E-state index contributed by atoms with van der Waals surface area (Å²) in [7, 11) is 0. The minimum absolute atomic E-state index is 0.195. The SMILES string of the molecule is CCCC=CCCCC(C)C(=O)O. The van der Waals surface area contributed by atoms with E-state index in [2.05, 4.69) is 19.1 Å². The molecule has 2 heteroatoms. The van der Waals surface area contributed by atoms with Crippen LogP contribution in [-0.4, -0.2) is 11.1 Å². The lowest BCUT2D eigenvalue weighted by molar-refractivity contribution is -0.141. The molecule has 0 aromatic rings. The van der Waals surface area contributed by atoms with Crippen LogP contribution < -0.4 is 0 Å². The monoisotopic (exact) mass is 184 g/mol. The van der Waals surface area contributed by atoms with Gasteiger partial charge in [0, 0.05) is 0 Å². The molecule has 0 aromatic carbocycles. The Morgan fingerprint density at radius 1 is 1.38 bits per heavy atom. The largest absolute Gasteiger partial charge is 0.481 e. The molecule has 13 heavy (non-hydrogen) atoms. The van der Waals surface area contributed by atoms with E-state index >= 15 is 0 Å². The predicted octanol–water partition coefficient (Wildman–Crippen LogP) is 3.23. The Kier molecular flexibility index (Phi) is 7.36. The summed E-state index contributed by atoms with van der Waals surface area (Å²) in [5, 5.41) is 8.60. The summed E-state index contributed by atoms with van der Waals surface area (Å²) in [5.74, 6) is -0.878. The second kappa shape index (κ2) is 7.84. The fourth-order valence-corrected chi connectivity index (χ4v) is 1.07. The van der Waals surface area contributed by atoms with Crippen LogP contribution in [0.3, 0.4) is 0 Å². The molecule has 2 nitrogen and oxygen atoms in total. The van der Waals surface area contributed by atoms with Gasteiger partial charge in [0.2, 0.25) is 0 Å². The van der Waals surface area contributed by atoms with Gasteiger partial charge in [-0.25, -0.2) is 0 Å². The van der Waals surface area contributed by atoms with Crippen molar-refractivity contribution >= 4 is 5.97 Å². The van der Waals surface area contributed by atoms with E-state index in [1.54, 1.807) is 6.92 Å². The van der Waals surface area contributed by atoms with E-state index in [4.69, 9.17) is 5.11 Å². The maximum Gasteiger partial charge on any atom is 0.306 e. The molecule has 0 saturated carbocycles. The molecule has 0 aliphatic heterocycles. The van der Waals surface area contributed by atoms with Crippen LogP contribution in [0.4, 0.5) is 0 Å². The van der Waals surface area contributed by atoms with Crippen molar-refractivity contribution in [2.24, 2.45) is 5.92 Å². The number of carboxylic acid groups (broad SMARTS) is 1. The Bertz CT molecular complexity index is 161. The van der Waals surface area contributed by atoms with Crippen LogP contribution in [0.5, 0.6) is 0 Å². The molecular weight excluding hydrogens is 164 g/mol. The molecular formula is C11H20O2. The highest BCUT2D eigenvalue weighted by atomic mass is 16.4. The van der Waals surface area contributed by atoms with Crippen molar-refractivity contribution in [1.82, 2.24) is 0 Å². The number of carboxylic acids is 1. The second-order valence-corrected chi connectivity index (χ2v) is 3.43. The fraction of sp³-hybridized carbons (Fsp3) is 0.727. The third-order valence-corrected chi connectivity index (χ3v) is 2.05. The van der Waals surface area contributed by atoms with Crippen LogP contribution in [0.15, 0.2) is 12.2 Å². The van der Waals surface area contributed by atoms with Gasteiger partial charge >= 0.3 is 5.97 Å². The van der Waals surface area contributed by atoms with Crippen LogP contribution in [0, 0.1) is 5.92 Å². The third kappa shape index (κ3) is 7.57. The highest BCUT2D eigenvalue weighted by Crippen LogP contribution is 2.08. The molecule has 1 unspecified atom stereocenters. The van der Waals surface area contributed by atoms with Gasteiger partial charge in [0.25, 0.3) is 0 Å². The molecule has 0 aliphatic rings. The number of carbonyl (C=O) groups is 1. The van der Waals surface area contributed by atoms with E-state index < -0.39 is 5.97 Å². The predicted molar refractivity (Wildman–Crippen MR) is 54.7 cm³/mol. The highest BCUT2D eigenvalue weighted by Gasteiger charge is 2.08. The summed E-state index contributed by atoms with van der Waals surface area (Å²) in [6.07, 6.45) is 9.41. The Hall–Kier alpha value is -0.790. The lowest BCUT2D eigenvalue weighted by Crippen LogP contribution is -2.08. The normalized spacial score (nSPS) is 13.4. The summed E-state index contributed by atoms with van der Waals surface area (Å²) >= 11 is 0. The van der Waals surface area contributed by atoms with Crippen molar-refractivity contribution in [3.05, 3.63) is 12.2 Å². The first-order valence-electron chi connectivity index (χ1n) is 5.06. The van der Waals surface area contributed by atoms with Crippen LogP contribution in [0.2, 0.25) is 0 Å². The first-order valence-corrected chi connectivity index (χ1v) is 5.06. The molecule has 0 radical (unpaired) electrons. The maximum atomic E-state index is 10.4. The van der Waals surface area contributed by atoms with Gasteiger partial charge in [-0.1, -0.05) is 32.4 Å². The summed E-state index contributed by atoms with van der Waals surface area (Å²) in [6, 6.07) is 0. The van der Waals surface area contributed by atoms with Crippen molar-refractivity contribution in [3.63, 3.8) is 0 Å². The first-order chi connectivity index (χ1) is 6.18. The van der Waals surface area contributed by atoms with E-state index in [-0.39, 0.29) is 5.92 Å². The summed E-state index contributed by atoms with van der Waals surface area (Å²) in [4.78, 5) is 10.4. The number of allylic oxidation sites excluding steroid dienone is 2. The first kappa shape index (κ1) is 12.2. The molecule has 0 saturated heterocycles. The van der Waals surface area contributed by atoms with Gasteiger partial charge in [-0.3, -0.25) is 4.79 Å². The molecule has 0 heterocycles. The Morgan fingerprint density at radius 3 is 2.54 bits per heavy atom. The number of hydrogen-bond donors (Lipinski definition) is 1. The number of aliphatic carboxylic acids is 1. The quantitative estimate of drug-likeness (QED) is 0.487. The van der Waals surface area contributed by atoms with Gasteiger partial charge in [0.05, 0.1) is 5.92 Å². The van der Waals surface area contributed by atoms with Gasteiger partial charge in [-0.2, -0.15) is 0 Å². The molecule has 0 fully saturated rings. The molecule has 1 N–H and O–H groups in total. The number of rotatable bonds is 7. The number of unbranched alkanes of at least 4 members (excludes halogenated alkanes) is 2. The van der Waals surface area contributed by atoms with E-state index in [0.717, 1.165) is 25.7 Å². The molecule has 0 bridgehead atoms. The fourth-order valence-electron chi connectivity index (χ4n) is 1.07. The van der Waals surface area contributed by atoms with Crippen molar-refractivity contribution in [2.45, 2.75) is 46.0 Å². The lowest BCUT2D eigenvalue weighted by atomic mass is 10.0. The van der Waals surface area contributed by atoms with Crippen LogP contribution >= 0.6 is 0 Å². The van der Waals surface area contributed by atoms with E-state index in [9.17, 15) is 4.79 Å². The van der Waals surface area contributed by atoms with Crippen LogP contribution in [0.25, 0.3) is 0 Å². The van der Waals surface area contributed by atoms with Crippen LogP contribution in [0.1, 0.15) is 46.0 Å². The van der Waals surface area contributed by atoms with Gasteiger partial charge in [0.15, 0.2) is 0 Å². The Balaban J connectivity index is 3.30. The van der Waals surface area contributed by atoms with Crippen molar-refractivity contribution in [3.8, 4) is 0 Å². The van der Waals surface area contributed by atoms with E-state index in [1.807, 2.05) is 0 Å². The third-order valence-electron chi connectivity index (χ3n) is 2.05. The lowest BCUT2D eigenvalue weighted by Gasteiger charge is -2.02. The van der Waals surface area contributed by atoms with Gasteiger partial charge in [-0.05, 0) is 25.7 Å². The van der Waals surface area contributed by atoms with Gasteiger partial charge in [0.1, 0.15) is 0 Å². The highest BCUT2D eigenvalue weighted by molar-refractivity contribution is 5.69. The van der Waals surface area contributed by atoms with Crippen LogP contribution in [-0.2, 0) is 4.79 Å². The average molecular weight is 184 g/mol. The zero-order valence-corrected chi connectivity index (χ0v) is 8.62. The molecule has 0 rings (SSSR count). The van der Waals surface area contributed by atoms with Crippen molar-refractivity contribution < 1.29 is 9.90 Å². The van der Waals surface area contributed by atoms with E-state index in [1.165, 1.54) is 6.42 Å². The molecule has 0 amide bonds. The minimum Gasteiger partial charge on any atom is -0.481 e. The topological polar surface area (TPSA) is 37.3 Å². The second-order valence-electron chi connectivity index (χ2n) is 3.43. The van der Waals surface area contributed by atoms with Crippen molar-refractivity contribution in [2.75, 3.05) is 0 Å². The standard InChI is InChI=1S/C11H20O2/c1-3-4-5-6-7-8-9-10(2)11(12)13/h5-6,10H,3-4,7-9H2,1-2H3,(H,12,13). The van der Waals surface area contributed by atoms with Gasteiger partial charge in [-0.15, -0.1) is 0 Å². The number of hydrogen-bond acceptors (Lipinski definition) is 1. The Morgan fingerprint density at radius 2 is 2.00 bits per heavy atom. The molecule has 1 atom stereocenters. The maximum absolute atomic E-state index is 10.4. The van der Waals surface area contributed by atoms with E-state index in [0.29, 0.717) is 0 Å². The summed E-state index contributed by atoms with van der Waals surface area (Å²) in [5.41, 5.74) is 0. The summed E-state index contributed by atoms with van der Waals surface area (Å²) in [6.45, 7) is 3.91.